The quantitative estimate of drug-likeness (QED) is 0.669. The van der Waals surface area contributed by atoms with Gasteiger partial charge < -0.3 is 18.6 Å². The molecule has 2 aromatic heterocycles. The summed E-state index contributed by atoms with van der Waals surface area (Å²) >= 11 is 1.31. The van der Waals surface area contributed by atoms with Crippen molar-refractivity contribution in [1.82, 2.24) is 14.1 Å². The summed E-state index contributed by atoms with van der Waals surface area (Å²) in [6.45, 7) is 0.246. The lowest BCUT2D eigenvalue weighted by atomic mass is 10.3. The average molecular weight is 356 g/mol. The molecule has 0 atom stereocenters. The number of aromatic nitrogens is 3. The SMILES string of the molecule is C#CCn1c(=NC(=O)c2nccn2C)sc2c(OC)ccc(OC)c21. The van der Waals surface area contributed by atoms with E-state index in [1.165, 1.54) is 11.3 Å². The van der Waals surface area contributed by atoms with Gasteiger partial charge in [-0.15, -0.1) is 6.42 Å². The molecule has 0 saturated heterocycles. The van der Waals surface area contributed by atoms with Crippen LogP contribution in [0.4, 0.5) is 0 Å². The van der Waals surface area contributed by atoms with Crippen LogP contribution in [-0.2, 0) is 13.6 Å². The summed E-state index contributed by atoms with van der Waals surface area (Å²) in [7, 11) is 4.90. The topological polar surface area (TPSA) is 70.6 Å². The number of carbonyl (C=O) groups excluding carboxylic acids is 1. The molecule has 0 bridgehead atoms. The number of methoxy groups -OCH3 is 2. The van der Waals surface area contributed by atoms with Gasteiger partial charge in [-0.1, -0.05) is 17.3 Å². The van der Waals surface area contributed by atoms with Gasteiger partial charge in [0.15, 0.2) is 4.80 Å². The fourth-order valence-electron chi connectivity index (χ4n) is 2.49. The standard InChI is InChI=1S/C17H16N4O3S/c1-5-9-21-13-11(23-3)6-7-12(24-4)14(13)25-17(21)19-16(22)15-18-8-10-20(15)2/h1,6-8,10H,9H2,2-4H3. The number of benzene rings is 1. The molecular weight excluding hydrogens is 340 g/mol. The second-order valence-corrected chi connectivity index (χ2v) is 6.08. The number of rotatable bonds is 4. The van der Waals surface area contributed by atoms with Gasteiger partial charge in [0, 0.05) is 19.4 Å². The molecule has 8 heteroatoms. The summed E-state index contributed by atoms with van der Waals surface area (Å²) in [6.07, 6.45) is 8.75. The Bertz CT molecular complexity index is 1050. The molecule has 0 radical (unpaired) electrons. The Hall–Kier alpha value is -3.05. The zero-order valence-electron chi connectivity index (χ0n) is 14.0. The molecule has 1 amide bonds. The molecule has 0 aliphatic rings. The van der Waals surface area contributed by atoms with Crippen molar-refractivity contribution in [3.8, 4) is 23.8 Å². The summed E-state index contributed by atoms with van der Waals surface area (Å²) in [5.41, 5.74) is 0.746. The van der Waals surface area contributed by atoms with Gasteiger partial charge in [-0.3, -0.25) is 4.79 Å². The normalized spacial score (nSPS) is 11.5. The fraction of sp³-hybridized carbons (Fsp3) is 0.235. The summed E-state index contributed by atoms with van der Waals surface area (Å²) in [4.78, 5) is 21.2. The van der Waals surface area contributed by atoms with Crippen LogP contribution in [0.1, 0.15) is 10.6 Å². The van der Waals surface area contributed by atoms with E-state index in [0.29, 0.717) is 16.3 Å². The van der Waals surface area contributed by atoms with Crippen molar-refractivity contribution in [2.45, 2.75) is 6.54 Å². The molecule has 0 aliphatic carbocycles. The maximum Gasteiger partial charge on any atom is 0.315 e. The number of imidazole rings is 1. The molecule has 7 nitrogen and oxygen atoms in total. The Morgan fingerprint density at radius 3 is 2.68 bits per heavy atom. The molecule has 0 fully saturated rings. The van der Waals surface area contributed by atoms with E-state index in [1.54, 1.807) is 48.9 Å². The lowest BCUT2D eigenvalue weighted by molar-refractivity contribution is 0.0985. The third-order valence-corrected chi connectivity index (χ3v) is 4.74. The van der Waals surface area contributed by atoms with Crippen molar-refractivity contribution in [2.75, 3.05) is 14.2 Å². The number of carbonyl (C=O) groups is 1. The second kappa shape index (κ2) is 6.83. The van der Waals surface area contributed by atoms with Gasteiger partial charge in [0.25, 0.3) is 0 Å². The van der Waals surface area contributed by atoms with Crippen molar-refractivity contribution < 1.29 is 14.3 Å². The largest absolute Gasteiger partial charge is 0.495 e. The van der Waals surface area contributed by atoms with Crippen LogP contribution >= 0.6 is 11.3 Å². The van der Waals surface area contributed by atoms with E-state index in [-0.39, 0.29) is 12.4 Å². The van der Waals surface area contributed by atoms with Crippen LogP contribution in [0.5, 0.6) is 11.5 Å². The summed E-state index contributed by atoms with van der Waals surface area (Å²) < 4.78 is 15.1. The van der Waals surface area contributed by atoms with Crippen LogP contribution in [0.15, 0.2) is 29.5 Å². The smallest absolute Gasteiger partial charge is 0.315 e. The number of ether oxygens (including phenoxy) is 2. The van der Waals surface area contributed by atoms with E-state index >= 15 is 0 Å². The first-order valence-corrected chi connectivity index (χ1v) is 8.16. The first-order valence-electron chi connectivity index (χ1n) is 7.34. The summed E-state index contributed by atoms with van der Waals surface area (Å²) in [5.74, 6) is 3.70. The zero-order valence-corrected chi connectivity index (χ0v) is 14.8. The fourth-order valence-corrected chi connectivity index (χ4v) is 3.62. The van der Waals surface area contributed by atoms with Gasteiger partial charge in [0.1, 0.15) is 21.7 Å². The number of fused-ring (bicyclic) bond motifs is 1. The van der Waals surface area contributed by atoms with E-state index in [9.17, 15) is 4.79 Å². The minimum atomic E-state index is -0.442. The second-order valence-electron chi connectivity index (χ2n) is 5.10. The molecule has 3 rings (SSSR count). The van der Waals surface area contributed by atoms with E-state index in [1.807, 2.05) is 6.07 Å². The Balaban J connectivity index is 2.30. The molecule has 3 aromatic rings. The first-order chi connectivity index (χ1) is 12.1. The van der Waals surface area contributed by atoms with Crippen LogP contribution in [0.2, 0.25) is 0 Å². The zero-order chi connectivity index (χ0) is 18.0. The first kappa shape index (κ1) is 16.8. The maximum absolute atomic E-state index is 12.5. The molecule has 128 valence electrons. The number of amides is 1. The van der Waals surface area contributed by atoms with Crippen molar-refractivity contribution >= 4 is 27.5 Å². The average Bonchev–Trinajstić information content (AvgIpc) is 3.19. The van der Waals surface area contributed by atoms with Crippen LogP contribution in [0, 0.1) is 12.3 Å². The maximum atomic E-state index is 12.5. The van der Waals surface area contributed by atoms with Gasteiger partial charge >= 0.3 is 5.91 Å². The van der Waals surface area contributed by atoms with Crippen LogP contribution in [-0.4, -0.2) is 34.2 Å². The molecule has 0 unspecified atom stereocenters. The van der Waals surface area contributed by atoms with Crippen molar-refractivity contribution in [1.29, 1.82) is 0 Å². The molecule has 0 aliphatic heterocycles. The van der Waals surface area contributed by atoms with E-state index < -0.39 is 5.91 Å². The van der Waals surface area contributed by atoms with Gasteiger partial charge in [-0.05, 0) is 12.1 Å². The van der Waals surface area contributed by atoms with E-state index in [4.69, 9.17) is 15.9 Å². The number of hydrogen-bond donors (Lipinski definition) is 0. The predicted octanol–water partition coefficient (Wildman–Crippen LogP) is 1.83. The Morgan fingerprint density at radius 2 is 2.08 bits per heavy atom. The monoisotopic (exact) mass is 356 g/mol. The lowest BCUT2D eigenvalue weighted by Crippen LogP contribution is -2.18. The van der Waals surface area contributed by atoms with Gasteiger partial charge in [0.05, 0.1) is 20.8 Å². The van der Waals surface area contributed by atoms with Gasteiger partial charge in [0.2, 0.25) is 5.82 Å². The molecule has 25 heavy (non-hydrogen) atoms. The van der Waals surface area contributed by atoms with Gasteiger partial charge in [-0.25, -0.2) is 4.98 Å². The minimum absolute atomic E-state index is 0.246. The van der Waals surface area contributed by atoms with E-state index in [0.717, 1.165) is 10.2 Å². The summed E-state index contributed by atoms with van der Waals surface area (Å²) in [6, 6.07) is 3.60. The highest BCUT2D eigenvalue weighted by Crippen LogP contribution is 2.35. The van der Waals surface area contributed by atoms with Crippen LogP contribution in [0.25, 0.3) is 10.2 Å². The molecule has 0 spiro atoms. The number of aryl methyl sites for hydroxylation is 1. The number of terminal acetylenes is 1. The summed E-state index contributed by atoms with van der Waals surface area (Å²) in [5, 5.41) is 0. The third-order valence-electron chi connectivity index (χ3n) is 3.65. The van der Waals surface area contributed by atoms with Crippen molar-refractivity contribution in [2.24, 2.45) is 12.0 Å². The number of hydrogen-bond acceptors (Lipinski definition) is 5. The van der Waals surface area contributed by atoms with Crippen molar-refractivity contribution in [3.63, 3.8) is 0 Å². The van der Waals surface area contributed by atoms with E-state index in [2.05, 4.69) is 15.9 Å². The number of thiazole rings is 1. The van der Waals surface area contributed by atoms with Crippen molar-refractivity contribution in [3.05, 3.63) is 35.2 Å². The van der Waals surface area contributed by atoms with Crippen LogP contribution < -0.4 is 14.3 Å². The molecular formula is C17H16N4O3S. The van der Waals surface area contributed by atoms with Crippen LogP contribution in [0.3, 0.4) is 0 Å². The molecule has 1 aromatic carbocycles. The Kier molecular flexibility index (Phi) is 4.59. The lowest BCUT2D eigenvalue weighted by Gasteiger charge is -2.08. The Morgan fingerprint density at radius 1 is 1.36 bits per heavy atom. The number of nitrogens with zero attached hydrogens (tertiary/aromatic N) is 4. The molecule has 0 saturated carbocycles. The predicted molar refractivity (Wildman–Crippen MR) is 94.9 cm³/mol. The Labute approximate surface area is 148 Å². The molecule has 2 heterocycles. The molecule has 0 N–H and O–H groups in total. The third kappa shape index (κ3) is 2.90. The van der Waals surface area contributed by atoms with Gasteiger partial charge in [-0.2, -0.15) is 4.99 Å². The highest BCUT2D eigenvalue weighted by atomic mass is 32.1. The highest BCUT2D eigenvalue weighted by Gasteiger charge is 2.17. The highest BCUT2D eigenvalue weighted by molar-refractivity contribution is 7.16. The minimum Gasteiger partial charge on any atom is -0.495 e.